The number of carbonyl (C=O) groups is 1. The Balaban J connectivity index is 2.29. The number of carbonyl (C=O) groups excluding carboxylic acids is 1. The Bertz CT molecular complexity index is 223. The maximum Gasteiger partial charge on any atom is 0.317 e. The van der Waals surface area contributed by atoms with E-state index in [-0.39, 0.29) is 12.1 Å². The third-order valence-electron chi connectivity index (χ3n) is 3.44. The molecule has 0 radical (unpaired) electrons. The fourth-order valence-corrected chi connectivity index (χ4v) is 2.31. The minimum Gasteiger partial charge on any atom is -0.334 e. The number of hydrogen-bond acceptors (Lipinski definition) is 2. The van der Waals surface area contributed by atoms with Crippen molar-refractivity contribution in [2.45, 2.75) is 46.1 Å². The average molecular weight is 241 g/mol. The first-order valence-electron chi connectivity index (χ1n) is 6.95. The predicted octanol–water partition coefficient (Wildman–Crippen LogP) is 1.91. The van der Waals surface area contributed by atoms with Crippen LogP contribution in [0.25, 0.3) is 0 Å². The van der Waals surface area contributed by atoms with E-state index in [1.54, 1.807) is 0 Å². The smallest absolute Gasteiger partial charge is 0.317 e. The number of nitrogens with zero attached hydrogens (tertiary/aromatic N) is 2. The molecule has 0 aromatic heterocycles. The van der Waals surface area contributed by atoms with Gasteiger partial charge >= 0.3 is 6.03 Å². The Morgan fingerprint density at radius 2 is 1.82 bits per heavy atom. The SMILES string of the molecule is CCN(CC)CC(C)NC(=O)N1CCCCC1. The van der Waals surface area contributed by atoms with Gasteiger partial charge in [0.15, 0.2) is 0 Å². The highest BCUT2D eigenvalue weighted by atomic mass is 16.2. The third kappa shape index (κ3) is 4.94. The maximum atomic E-state index is 12.0. The lowest BCUT2D eigenvalue weighted by Crippen LogP contribution is -2.49. The molecule has 0 aromatic carbocycles. The number of likely N-dealkylation sites (N-methyl/N-ethyl adjacent to an activating group) is 1. The van der Waals surface area contributed by atoms with Crippen LogP contribution in [0.3, 0.4) is 0 Å². The normalized spacial score (nSPS) is 18.2. The molecular weight excluding hydrogens is 214 g/mol. The highest BCUT2D eigenvalue weighted by Gasteiger charge is 2.18. The van der Waals surface area contributed by atoms with Gasteiger partial charge in [-0.2, -0.15) is 0 Å². The molecule has 1 rings (SSSR count). The van der Waals surface area contributed by atoms with Crippen LogP contribution in [0.15, 0.2) is 0 Å². The van der Waals surface area contributed by atoms with Crippen molar-refractivity contribution in [2.24, 2.45) is 0 Å². The van der Waals surface area contributed by atoms with Crippen molar-refractivity contribution in [3.8, 4) is 0 Å². The van der Waals surface area contributed by atoms with Crippen molar-refractivity contribution < 1.29 is 4.79 Å². The van der Waals surface area contributed by atoms with E-state index < -0.39 is 0 Å². The van der Waals surface area contributed by atoms with Gasteiger partial charge in [-0.25, -0.2) is 4.79 Å². The van der Waals surface area contributed by atoms with Gasteiger partial charge in [0, 0.05) is 25.7 Å². The number of likely N-dealkylation sites (tertiary alicyclic amines) is 1. The predicted molar refractivity (Wildman–Crippen MR) is 71.2 cm³/mol. The van der Waals surface area contributed by atoms with Crippen molar-refractivity contribution in [2.75, 3.05) is 32.7 Å². The summed E-state index contributed by atoms with van der Waals surface area (Å²) in [4.78, 5) is 16.2. The van der Waals surface area contributed by atoms with Gasteiger partial charge < -0.3 is 15.1 Å². The number of piperidine rings is 1. The van der Waals surface area contributed by atoms with Crippen molar-refractivity contribution in [3.05, 3.63) is 0 Å². The standard InChI is InChI=1S/C13H27N3O/c1-4-15(5-2)11-12(3)14-13(17)16-9-7-6-8-10-16/h12H,4-11H2,1-3H3,(H,14,17). The summed E-state index contributed by atoms with van der Waals surface area (Å²) in [5.41, 5.74) is 0. The lowest BCUT2D eigenvalue weighted by atomic mass is 10.1. The summed E-state index contributed by atoms with van der Waals surface area (Å²) >= 11 is 0. The lowest BCUT2D eigenvalue weighted by Gasteiger charge is -2.30. The van der Waals surface area contributed by atoms with Crippen molar-refractivity contribution >= 4 is 6.03 Å². The minimum absolute atomic E-state index is 0.115. The zero-order chi connectivity index (χ0) is 12.7. The van der Waals surface area contributed by atoms with E-state index in [1.807, 2.05) is 4.90 Å². The monoisotopic (exact) mass is 241 g/mol. The Morgan fingerprint density at radius 3 is 2.35 bits per heavy atom. The molecule has 1 fully saturated rings. The Hall–Kier alpha value is -0.770. The van der Waals surface area contributed by atoms with Gasteiger partial charge in [-0.1, -0.05) is 13.8 Å². The molecule has 0 aromatic rings. The Kier molecular flexibility index (Phi) is 6.34. The maximum absolute atomic E-state index is 12.0. The molecule has 0 aliphatic carbocycles. The second-order valence-electron chi connectivity index (χ2n) is 4.88. The molecule has 1 aliphatic rings. The second-order valence-corrected chi connectivity index (χ2v) is 4.88. The summed E-state index contributed by atoms with van der Waals surface area (Å²) in [5.74, 6) is 0. The molecule has 0 bridgehead atoms. The van der Waals surface area contributed by atoms with Gasteiger partial charge in [0.1, 0.15) is 0 Å². The van der Waals surface area contributed by atoms with Gasteiger partial charge in [0.2, 0.25) is 0 Å². The first kappa shape index (κ1) is 14.3. The van der Waals surface area contributed by atoms with Gasteiger partial charge in [-0.05, 0) is 39.3 Å². The van der Waals surface area contributed by atoms with Crippen LogP contribution in [0.5, 0.6) is 0 Å². The third-order valence-corrected chi connectivity index (χ3v) is 3.44. The van der Waals surface area contributed by atoms with Crippen molar-refractivity contribution in [1.82, 2.24) is 15.1 Å². The van der Waals surface area contributed by atoms with E-state index in [4.69, 9.17) is 0 Å². The molecule has 0 saturated carbocycles. The molecule has 0 spiro atoms. The van der Waals surface area contributed by atoms with E-state index in [1.165, 1.54) is 6.42 Å². The van der Waals surface area contributed by atoms with E-state index in [0.717, 1.165) is 45.6 Å². The minimum atomic E-state index is 0.115. The molecule has 1 unspecified atom stereocenters. The van der Waals surface area contributed by atoms with Crippen LogP contribution in [-0.2, 0) is 0 Å². The van der Waals surface area contributed by atoms with Crippen LogP contribution >= 0.6 is 0 Å². The first-order chi connectivity index (χ1) is 8.17. The Labute approximate surface area is 105 Å². The number of urea groups is 1. The molecule has 1 saturated heterocycles. The highest BCUT2D eigenvalue weighted by molar-refractivity contribution is 5.74. The Morgan fingerprint density at radius 1 is 1.24 bits per heavy atom. The van der Waals surface area contributed by atoms with Crippen LogP contribution in [0.2, 0.25) is 0 Å². The highest BCUT2D eigenvalue weighted by Crippen LogP contribution is 2.08. The molecule has 1 atom stereocenters. The number of nitrogens with one attached hydrogen (secondary N) is 1. The van der Waals surface area contributed by atoms with Gasteiger partial charge in [0.25, 0.3) is 0 Å². The number of amides is 2. The van der Waals surface area contributed by atoms with E-state index in [0.29, 0.717) is 0 Å². The van der Waals surface area contributed by atoms with Crippen LogP contribution < -0.4 is 5.32 Å². The van der Waals surface area contributed by atoms with Gasteiger partial charge in [0.05, 0.1) is 0 Å². The number of rotatable bonds is 5. The van der Waals surface area contributed by atoms with Gasteiger partial charge in [-0.15, -0.1) is 0 Å². The van der Waals surface area contributed by atoms with Crippen molar-refractivity contribution in [1.29, 1.82) is 0 Å². The molecule has 4 heteroatoms. The zero-order valence-electron chi connectivity index (χ0n) is 11.5. The van der Waals surface area contributed by atoms with Crippen LogP contribution in [-0.4, -0.2) is 54.6 Å². The molecular formula is C13H27N3O. The second kappa shape index (κ2) is 7.54. The molecule has 2 amide bonds. The topological polar surface area (TPSA) is 35.6 Å². The summed E-state index contributed by atoms with van der Waals surface area (Å²) in [6.45, 7) is 11.3. The van der Waals surface area contributed by atoms with Crippen LogP contribution in [0.4, 0.5) is 4.79 Å². The molecule has 1 aliphatic heterocycles. The van der Waals surface area contributed by atoms with E-state index >= 15 is 0 Å². The van der Waals surface area contributed by atoms with E-state index in [9.17, 15) is 4.79 Å². The summed E-state index contributed by atoms with van der Waals surface area (Å²) in [6, 6.07) is 0.341. The lowest BCUT2D eigenvalue weighted by molar-refractivity contribution is 0.178. The fourth-order valence-electron chi connectivity index (χ4n) is 2.31. The first-order valence-corrected chi connectivity index (χ1v) is 6.95. The van der Waals surface area contributed by atoms with Gasteiger partial charge in [-0.3, -0.25) is 0 Å². The number of hydrogen-bond donors (Lipinski definition) is 1. The van der Waals surface area contributed by atoms with Crippen molar-refractivity contribution in [3.63, 3.8) is 0 Å². The summed E-state index contributed by atoms with van der Waals surface area (Å²) < 4.78 is 0. The molecule has 1 heterocycles. The summed E-state index contributed by atoms with van der Waals surface area (Å²) in [7, 11) is 0. The fraction of sp³-hybridized carbons (Fsp3) is 0.923. The van der Waals surface area contributed by atoms with Crippen LogP contribution in [0, 0.1) is 0 Å². The molecule has 1 N–H and O–H groups in total. The zero-order valence-corrected chi connectivity index (χ0v) is 11.5. The average Bonchev–Trinajstić information content (AvgIpc) is 2.37. The quantitative estimate of drug-likeness (QED) is 0.798. The van der Waals surface area contributed by atoms with Crippen LogP contribution in [0.1, 0.15) is 40.0 Å². The summed E-state index contributed by atoms with van der Waals surface area (Å²) in [5, 5.41) is 3.09. The largest absolute Gasteiger partial charge is 0.334 e. The molecule has 4 nitrogen and oxygen atoms in total. The summed E-state index contributed by atoms with van der Waals surface area (Å²) in [6.07, 6.45) is 3.56. The molecule has 17 heavy (non-hydrogen) atoms. The molecule has 100 valence electrons. The van der Waals surface area contributed by atoms with E-state index in [2.05, 4.69) is 31.0 Å².